The van der Waals surface area contributed by atoms with Crippen LogP contribution in [0, 0.1) is 0 Å². The lowest BCUT2D eigenvalue weighted by Gasteiger charge is -2.10. The second kappa shape index (κ2) is 5.97. The molecule has 1 N–H and O–H groups in total. The summed E-state index contributed by atoms with van der Waals surface area (Å²) < 4.78 is 7.58. The SMILES string of the molecule is CC1(OCCc2cnc3c(cnn3-c3ccc(C(=O)O)cc3)c2)CC1. The molecule has 1 fully saturated rings. The number of hydrogen-bond acceptors (Lipinski definition) is 4. The molecule has 4 rings (SSSR count). The first kappa shape index (κ1) is 15.8. The van der Waals surface area contributed by atoms with Crippen LogP contribution < -0.4 is 0 Å². The minimum absolute atomic E-state index is 0.102. The summed E-state index contributed by atoms with van der Waals surface area (Å²) in [5, 5.41) is 14.3. The predicted octanol–water partition coefficient (Wildman–Crippen LogP) is 3.23. The minimum atomic E-state index is -0.943. The Kier molecular flexibility index (Phi) is 3.77. The first-order valence-electron chi connectivity index (χ1n) is 8.34. The lowest BCUT2D eigenvalue weighted by Crippen LogP contribution is -2.11. The highest BCUT2D eigenvalue weighted by molar-refractivity contribution is 5.87. The molecular formula is C19H19N3O3. The van der Waals surface area contributed by atoms with Crippen molar-refractivity contribution in [3.63, 3.8) is 0 Å². The number of fused-ring (bicyclic) bond motifs is 1. The highest BCUT2D eigenvalue weighted by atomic mass is 16.5. The largest absolute Gasteiger partial charge is 0.478 e. The summed E-state index contributed by atoms with van der Waals surface area (Å²) in [4.78, 5) is 15.5. The number of hydrogen-bond donors (Lipinski definition) is 1. The number of nitrogens with zero attached hydrogens (tertiary/aromatic N) is 3. The maximum atomic E-state index is 11.0. The van der Waals surface area contributed by atoms with Crippen molar-refractivity contribution in [2.45, 2.75) is 31.8 Å². The number of benzene rings is 1. The zero-order valence-electron chi connectivity index (χ0n) is 14.0. The van der Waals surface area contributed by atoms with Gasteiger partial charge in [-0.25, -0.2) is 14.5 Å². The number of ether oxygens (including phenoxy) is 1. The van der Waals surface area contributed by atoms with Gasteiger partial charge in [0.2, 0.25) is 0 Å². The van der Waals surface area contributed by atoms with Crippen LogP contribution in [0.1, 0.15) is 35.7 Å². The Balaban J connectivity index is 1.54. The Bertz CT molecular complexity index is 927. The Morgan fingerprint density at radius 3 is 2.72 bits per heavy atom. The van der Waals surface area contributed by atoms with Gasteiger partial charge in [0.25, 0.3) is 0 Å². The van der Waals surface area contributed by atoms with Crippen LogP contribution >= 0.6 is 0 Å². The number of aromatic carboxylic acids is 1. The van der Waals surface area contributed by atoms with E-state index in [4.69, 9.17) is 9.84 Å². The van der Waals surface area contributed by atoms with Crippen LogP contribution in [0.4, 0.5) is 0 Å². The summed E-state index contributed by atoms with van der Waals surface area (Å²) in [6.45, 7) is 2.85. The first-order chi connectivity index (χ1) is 12.0. The lowest BCUT2D eigenvalue weighted by atomic mass is 10.2. The summed E-state index contributed by atoms with van der Waals surface area (Å²) >= 11 is 0. The van der Waals surface area contributed by atoms with E-state index in [1.807, 2.05) is 6.20 Å². The van der Waals surface area contributed by atoms with Crippen LogP contribution in [-0.2, 0) is 11.2 Å². The molecule has 1 aromatic carbocycles. The fourth-order valence-electron chi connectivity index (χ4n) is 2.77. The molecule has 2 heterocycles. The van der Waals surface area contributed by atoms with Crippen molar-refractivity contribution in [2.75, 3.05) is 6.61 Å². The molecule has 0 radical (unpaired) electrons. The highest BCUT2D eigenvalue weighted by Gasteiger charge is 2.38. The molecule has 0 aliphatic heterocycles. The van der Waals surface area contributed by atoms with E-state index in [0.29, 0.717) is 6.61 Å². The quantitative estimate of drug-likeness (QED) is 0.747. The third kappa shape index (κ3) is 3.25. The van der Waals surface area contributed by atoms with E-state index in [1.165, 1.54) is 0 Å². The standard InChI is InChI=1S/C19H19N3O3/c1-19(7-8-19)25-9-6-13-10-15-12-21-22(17(15)20-11-13)16-4-2-14(3-5-16)18(23)24/h2-5,10-12H,6-9H2,1H3,(H,23,24). The first-order valence-corrected chi connectivity index (χ1v) is 8.34. The number of aromatic nitrogens is 3. The molecule has 2 aromatic heterocycles. The molecule has 0 saturated heterocycles. The molecule has 1 aliphatic rings. The molecular weight excluding hydrogens is 318 g/mol. The normalized spacial score (nSPS) is 15.4. The fourth-order valence-corrected chi connectivity index (χ4v) is 2.77. The van der Waals surface area contributed by atoms with Crippen molar-refractivity contribution in [1.29, 1.82) is 0 Å². The average Bonchev–Trinajstić information content (AvgIpc) is 3.19. The number of carbonyl (C=O) groups is 1. The molecule has 0 atom stereocenters. The van der Waals surface area contributed by atoms with Gasteiger partial charge in [0.15, 0.2) is 5.65 Å². The van der Waals surface area contributed by atoms with Gasteiger partial charge in [-0.15, -0.1) is 0 Å². The monoisotopic (exact) mass is 337 g/mol. The van der Waals surface area contributed by atoms with E-state index in [2.05, 4.69) is 23.1 Å². The molecule has 0 unspecified atom stereocenters. The molecule has 1 saturated carbocycles. The number of pyridine rings is 1. The van der Waals surface area contributed by atoms with E-state index < -0.39 is 5.97 Å². The molecule has 0 spiro atoms. The van der Waals surface area contributed by atoms with Crippen molar-refractivity contribution in [2.24, 2.45) is 0 Å². The maximum Gasteiger partial charge on any atom is 0.335 e. The third-order valence-corrected chi connectivity index (χ3v) is 4.62. The second-order valence-electron chi connectivity index (χ2n) is 6.71. The third-order valence-electron chi connectivity index (χ3n) is 4.62. The van der Waals surface area contributed by atoms with Crippen LogP contribution in [0.15, 0.2) is 42.7 Å². The van der Waals surface area contributed by atoms with Crippen LogP contribution in [0.5, 0.6) is 0 Å². The summed E-state index contributed by atoms with van der Waals surface area (Å²) in [6.07, 6.45) is 6.76. The van der Waals surface area contributed by atoms with E-state index in [9.17, 15) is 4.79 Å². The molecule has 0 bridgehead atoms. The Morgan fingerprint density at radius 2 is 2.04 bits per heavy atom. The van der Waals surface area contributed by atoms with Crippen molar-refractivity contribution < 1.29 is 14.6 Å². The summed E-state index contributed by atoms with van der Waals surface area (Å²) in [6, 6.07) is 8.67. The fraction of sp³-hybridized carbons (Fsp3) is 0.316. The second-order valence-corrected chi connectivity index (χ2v) is 6.71. The molecule has 1 aliphatic carbocycles. The zero-order valence-corrected chi connectivity index (χ0v) is 14.0. The van der Waals surface area contributed by atoms with E-state index >= 15 is 0 Å². The highest BCUT2D eigenvalue weighted by Crippen LogP contribution is 2.38. The van der Waals surface area contributed by atoms with Gasteiger partial charge >= 0.3 is 5.97 Å². The van der Waals surface area contributed by atoms with Crippen molar-refractivity contribution in [3.05, 3.63) is 53.9 Å². The summed E-state index contributed by atoms with van der Waals surface area (Å²) in [7, 11) is 0. The molecule has 0 amide bonds. The zero-order chi connectivity index (χ0) is 17.4. The summed E-state index contributed by atoms with van der Waals surface area (Å²) in [5.74, 6) is -0.943. The van der Waals surface area contributed by atoms with Crippen LogP contribution in [0.3, 0.4) is 0 Å². The van der Waals surface area contributed by atoms with Crippen LogP contribution in [0.2, 0.25) is 0 Å². The van der Waals surface area contributed by atoms with Crippen molar-refractivity contribution in [3.8, 4) is 5.69 Å². The van der Waals surface area contributed by atoms with Crippen LogP contribution in [-0.4, -0.2) is 38.0 Å². The number of carboxylic acids is 1. The minimum Gasteiger partial charge on any atom is -0.478 e. The molecule has 6 nitrogen and oxygen atoms in total. The van der Waals surface area contributed by atoms with Gasteiger partial charge in [0.05, 0.1) is 29.7 Å². The van der Waals surface area contributed by atoms with E-state index in [0.717, 1.165) is 41.5 Å². The van der Waals surface area contributed by atoms with E-state index in [1.54, 1.807) is 35.1 Å². The maximum absolute atomic E-state index is 11.0. The van der Waals surface area contributed by atoms with Crippen molar-refractivity contribution >= 4 is 17.0 Å². The molecule has 6 heteroatoms. The average molecular weight is 337 g/mol. The molecule has 128 valence electrons. The molecule has 3 aromatic rings. The van der Waals surface area contributed by atoms with Gasteiger partial charge in [-0.2, -0.15) is 5.10 Å². The smallest absolute Gasteiger partial charge is 0.335 e. The number of carboxylic acid groups (broad SMARTS) is 1. The number of rotatable bonds is 6. The Morgan fingerprint density at radius 1 is 1.28 bits per heavy atom. The van der Waals surface area contributed by atoms with Gasteiger partial charge in [0.1, 0.15) is 0 Å². The van der Waals surface area contributed by atoms with Gasteiger partial charge in [-0.3, -0.25) is 0 Å². The summed E-state index contributed by atoms with van der Waals surface area (Å²) in [5.41, 5.74) is 3.01. The molecule has 25 heavy (non-hydrogen) atoms. The van der Waals surface area contributed by atoms with Crippen molar-refractivity contribution in [1.82, 2.24) is 14.8 Å². The van der Waals surface area contributed by atoms with Crippen LogP contribution in [0.25, 0.3) is 16.7 Å². The predicted molar refractivity (Wildman–Crippen MR) is 93.1 cm³/mol. The lowest BCUT2D eigenvalue weighted by molar-refractivity contribution is 0.0486. The Hall–Kier alpha value is -2.73. The van der Waals surface area contributed by atoms with Gasteiger partial charge in [-0.1, -0.05) is 0 Å². The Labute approximate surface area is 145 Å². The van der Waals surface area contributed by atoms with E-state index in [-0.39, 0.29) is 11.2 Å². The van der Waals surface area contributed by atoms with Gasteiger partial charge in [-0.05, 0) is 62.1 Å². The topological polar surface area (TPSA) is 77.2 Å². The van der Waals surface area contributed by atoms with Gasteiger partial charge in [0, 0.05) is 11.6 Å². The van der Waals surface area contributed by atoms with Gasteiger partial charge < -0.3 is 9.84 Å².